The Balaban J connectivity index is 1.36. The summed E-state index contributed by atoms with van der Waals surface area (Å²) in [5, 5.41) is 14.0. The van der Waals surface area contributed by atoms with Crippen molar-refractivity contribution in [3.05, 3.63) is 96.1 Å². The highest BCUT2D eigenvalue weighted by Gasteiger charge is 2.28. The zero-order valence-corrected chi connectivity index (χ0v) is 15.6. The molecule has 0 amide bonds. The van der Waals surface area contributed by atoms with Crippen molar-refractivity contribution in [3.63, 3.8) is 0 Å². The van der Waals surface area contributed by atoms with Gasteiger partial charge in [-0.3, -0.25) is 0 Å². The van der Waals surface area contributed by atoms with Crippen LogP contribution in [0.3, 0.4) is 0 Å². The topological polar surface area (TPSA) is 32.3 Å². The number of rotatable bonds is 5. The summed E-state index contributed by atoms with van der Waals surface area (Å²) in [4.78, 5) is 0. The van der Waals surface area contributed by atoms with Crippen molar-refractivity contribution in [1.29, 1.82) is 0 Å². The Bertz CT molecular complexity index is 829. The predicted molar refractivity (Wildman–Crippen MR) is 112 cm³/mol. The van der Waals surface area contributed by atoms with Crippen LogP contribution < -0.4 is 5.32 Å². The summed E-state index contributed by atoms with van der Waals surface area (Å²) in [7, 11) is 0. The molecule has 3 aromatic carbocycles. The van der Waals surface area contributed by atoms with Crippen LogP contribution in [0, 0.1) is 0 Å². The van der Waals surface area contributed by atoms with E-state index in [1.54, 1.807) is 0 Å². The molecule has 0 spiro atoms. The molecule has 0 heterocycles. The molecular formula is C25H27NO. The van der Waals surface area contributed by atoms with Gasteiger partial charge in [-0.15, -0.1) is 0 Å². The van der Waals surface area contributed by atoms with Crippen LogP contribution in [0.4, 0.5) is 0 Å². The molecule has 3 aromatic rings. The Morgan fingerprint density at radius 1 is 0.704 bits per heavy atom. The van der Waals surface area contributed by atoms with E-state index in [4.69, 9.17) is 0 Å². The third-order valence-corrected chi connectivity index (χ3v) is 5.61. The van der Waals surface area contributed by atoms with Crippen molar-refractivity contribution in [2.45, 2.75) is 43.9 Å². The summed E-state index contributed by atoms with van der Waals surface area (Å²) in [5.74, 6) is 0.438. The molecule has 27 heavy (non-hydrogen) atoms. The van der Waals surface area contributed by atoms with Gasteiger partial charge < -0.3 is 10.4 Å². The van der Waals surface area contributed by atoms with Gasteiger partial charge in [-0.1, -0.05) is 84.9 Å². The molecule has 2 heteroatoms. The SMILES string of the molecule is OC1CC(NCc2ccc(-c3ccccc3)cc2)CC(c2ccccc2)C1. The van der Waals surface area contributed by atoms with Crippen LogP contribution in [-0.4, -0.2) is 17.3 Å². The molecule has 0 aromatic heterocycles. The van der Waals surface area contributed by atoms with Gasteiger partial charge in [0.1, 0.15) is 0 Å². The fourth-order valence-electron chi connectivity index (χ4n) is 4.16. The number of hydrogen-bond acceptors (Lipinski definition) is 2. The van der Waals surface area contributed by atoms with Crippen LogP contribution in [0.1, 0.15) is 36.3 Å². The Morgan fingerprint density at radius 2 is 1.33 bits per heavy atom. The molecule has 3 atom stereocenters. The molecule has 0 aliphatic heterocycles. The summed E-state index contributed by atoms with van der Waals surface area (Å²) in [6.45, 7) is 0.841. The quantitative estimate of drug-likeness (QED) is 0.663. The molecule has 0 saturated heterocycles. The smallest absolute Gasteiger partial charge is 0.0561 e. The molecule has 2 N–H and O–H groups in total. The molecule has 1 aliphatic carbocycles. The first-order chi connectivity index (χ1) is 13.3. The first-order valence-corrected chi connectivity index (χ1v) is 9.88. The lowest BCUT2D eigenvalue weighted by Crippen LogP contribution is -2.38. The average Bonchev–Trinajstić information content (AvgIpc) is 2.73. The Hall–Kier alpha value is -2.42. The molecular weight excluding hydrogens is 330 g/mol. The third kappa shape index (κ3) is 4.65. The summed E-state index contributed by atoms with van der Waals surface area (Å²) < 4.78 is 0. The van der Waals surface area contributed by atoms with E-state index in [2.05, 4.69) is 84.2 Å². The summed E-state index contributed by atoms with van der Waals surface area (Å²) in [5.41, 5.74) is 5.12. The van der Waals surface area contributed by atoms with Crippen LogP contribution in [-0.2, 0) is 6.54 Å². The van der Waals surface area contributed by atoms with Gasteiger partial charge in [0.2, 0.25) is 0 Å². The van der Waals surface area contributed by atoms with Gasteiger partial charge in [0, 0.05) is 12.6 Å². The van der Waals surface area contributed by atoms with Gasteiger partial charge in [0.15, 0.2) is 0 Å². The molecule has 1 fully saturated rings. The van der Waals surface area contributed by atoms with Crippen molar-refractivity contribution in [1.82, 2.24) is 5.32 Å². The highest BCUT2D eigenvalue weighted by molar-refractivity contribution is 5.63. The number of benzene rings is 3. The van der Waals surface area contributed by atoms with Gasteiger partial charge in [-0.2, -0.15) is 0 Å². The molecule has 138 valence electrons. The molecule has 2 nitrogen and oxygen atoms in total. The summed E-state index contributed by atoms with van der Waals surface area (Å²) in [6.07, 6.45) is 2.57. The van der Waals surface area contributed by atoms with Crippen LogP contribution in [0.25, 0.3) is 11.1 Å². The van der Waals surface area contributed by atoms with E-state index in [9.17, 15) is 5.11 Å². The van der Waals surface area contributed by atoms with Gasteiger partial charge >= 0.3 is 0 Å². The maximum absolute atomic E-state index is 10.3. The second-order valence-electron chi connectivity index (χ2n) is 7.61. The van der Waals surface area contributed by atoms with Gasteiger partial charge in [-0.05, 0) is 47.4 Å². The van der Waals surface area contributed by atoms with Crippen LogP contribution >= 0.6 is 0 Å². The standard InChI is InChI=1S/C25H27NO/c27-25-16-23(21-9-5-2-6-10-21)15-24(17-25)26-18-19-11-13-22(14-12-19)20-7-3-1-4-8-20/h1-14,23-27H,15-18H2. The monoisotopic (exact) mass is 357 g/mol. The highest BCUT2D eigenvalue weighted by Crippen LogP contribution is 2.33. The first kappa shape index (κ1) is 18.0. The van der Waals surface area contributed by atoms with Crippen molar-refractivity contribution < 1.29 is 5.11 Å². The van der Waals surface area contributed by atoms with Crippen molar-refractivity contribution in [2.24, 2.45) is 0 Å². The lowest BCUT2D eigenvalue weighted by atomic mass is 9.80. The number of aliphatic hydroxyl groups excluding tert-OH is 1. The minimum Gasteiger partial charge on any atom is -0.393 e. The van der Waals surface area contributed by atoms with E-state index in [1.165, 1.54) is 22.3 Å². The predicted octanol–water partition coefficient (Wildman–Crippen LogP) is 5.14. The second-order valence-corrected chi connectivity index (χ2v) is 7.61. The van der Waals surface area contributed by atoms with E-state index in [0.717, 1.165) is 25.8 Å². The van der Waals surface area contributed by atoms with E-state index >= 15 is 0 Å². The van der Waals surface area contributed by atoms with E-state index < -0.39 is 0 Å². The minimum atomic E-state index is -0.220. The molecule has 0 bridgehead atoms. The Kier molecular flexibility index (Phi) is 5.66. The largest absolute Gasteiger partial charge is 0.393 e. The molecule has 4 rings (SSSR count). The first-order valence-electron chi connectivity index (χ1n) is 9.88. The lowest BCUT2D eigenvalue weighted by Gasteiger charge is -2.33. The van der Waals surface area contributed by atoms with Crippen LogP contribution in [0.5, 0.6) is 0 Å². The second kappa shape index (κ2) is 8.51. The number of aliphatic hydroxyl groups is 1. The minimum absolute atomic E-state index is 0.220. The normalized spacial score (nSPS) is 22.5. The van der Waals surface area contributed by atoms with Crippen molar-refractivity contribution in [3.8, 4) is 11.1 Å². The number of nitrogens with one attached hydrogen (secondary N) is 1. The van der Waals surface area contributed by atoms with E-state index in [0.29, 0.717) is 12.0 Å². The van der Waals surface area contributed by atoms with Crippen molar-refractivity contribution >= 4 is 0 Å². The van der Waals surface area contributed by atoms with Gasteiger partial charge in [-0.25, -0.2) is 0 Å². The molecule has 1 aliphatic rings. The fraction of sp³-hybridized carbons (Fsp3) is 0.280. The van der Waals surface area contributed by atoms with Crippen LogP contribution in [0.15, 0.2) is 84.9 Å². The number of hydrogen-bond donors (Lipinski definition) is 2. The maximum Gasteiger partial charge on any atom is 0.0561 e. The maximum atomic E-state index is 10.3. The highest BCUT2D eigenvalue weighted by atomic mass is 16.3. The average molecular weight is 357 g/mol. The Labute approximate surface area is 161 Å². The van der Waals surface area contributed by atoms with E-state index in [-0.39, 0.29) is 6.10 Å². The third-order valence-electron chi connectivity index (χ3n) is 5.61. The fourth-order valence-corrected chi connectivity index (χ4v) is 4.16. The van der Waals surface area contributed by atoms with Crippen LogP contribution in [0.2, 0.25) is 0 Å². The van der Waals surface area contributed by atoms with Gasteiger partial charge in [0.25, 0.3) is 0 Å². The van der Waals surface area contributed by atoms with E-state index in [1.807, 2.05) is 6.07 Å². The van der Waals surface area contributed by atoms with Gasteiger partial charge in [0.05, 0.1) is 6.10 Å². The summed E-state index contributed by atoms with van der Waals surface area (Å²) in [6, 6.07) is 30.2. The Morgan fingerprint density at radius 3 is 2.04 bits per heavy atom. The lowest BCUT2D eigenvalue weighted by molar-refractivity contribution is 0.100. The zero-order chi connectivity index (χ0) is 18.5. The molecule has 1 saturated carbocycles. The zero-order valence-electron chi connectivity index (χ0n) is 15.6. The molecule has 0 radical (unpaired) electrons. The summed E-state index contributed by atoms with van der Waals surface area (Å²) >= 11 is 0. The van der Waals surface area contributed by atoms with Crippen molar-refractivity contribution in [2.75, 3.05) is 0 Å². The molecule has 3 unspecified atom stereocenters.